The van der Waals surface area contributed by atoms with E-state index in [1.807, 2.05) is 5.57 Å². The van der Waals surface area contributed by atoms with Gasteiger partial charge in [-0.3, -0.25) is 0 Å². The second kappa shape index (κ2) is 8.59. The van der Waals surface area contributed by atoms with E-state index in [0.29, 0.717) is 10.8 Å². The monoisotopic (exact) mass is 412 g/mol. The van der Waals surface area contributed by atoms with Gasteiger partial charge >= 0.3 is 0 Å². The van der Waals surface area contributed by atoms with E-state index in [-0.39, 0.29) is 0 Å². The molecule has 4 rings (SSSR count). The fraction of sp³-hybridized carbons (Fsp3) is 0.933. The normalized spacial score (nSPS) is 44.4. The maximum Gasteiger partial charge on any atom is -0.00851 e. The Morgan fingerprint density at radius 1 is 0.900 bits per heavy atom. The lowest BCUT2D eigenvalue weighted by atomic mass is 9.46. The maximum absolute atomic E-state index is 2.78. The molecule has 8 atom stereocenters. The van der Waals surface area contributed by atoms with Crippen LogP contribution < -0.4 is 0 Å². The maximum atomic E-state index is 2.78. The van der Waals surface area contributed by atoms with Crippen molar-refractivity contribution in [2.45, 2.75) is 119 Å². The molecule has 0 aromatic rings. The Kier molecular flexibility index (Phi) is 6.56. The van der Waals surface area contributed by atoms with Crippen LogP contribution in [0.5, 0.6) is 0 Å². The summed E-state index contributed by atoms with van der Waals surface area (Å²) in [6.45, 7) is 17.7. The highest BCUT2D eigenvalue weighted by Gasteiger charge is 2.59. The van der Waals surface area contributed by atoms with Crippen molar-refractivity contribution in [3.63, 3.8) is 0 Å². The minimum atomic E-state index is 0.538. The molecule has 0 spiro atoms. The summed E-state index contributed by atoms with van der Waals surface area (Å²) >= 11 is 0. The Morgan fingerprint density at radius 2 is 1.67 bits per heavy atom. The Morgan fingerprint density at radius 3 is 2.37 bits per heavy atom. The van der Waals surface area contributed by atoms with Crippen LogP contribution in [-0.2, 0) is 0 Å². The first-order valence-electron chi connectivity index (χ1n) is 13.9. The van der Waals surface area contributed by atoms with E-state index in [1.165, 1.54) is 70.6 Å². The third kappa shape index (κ3) is 3.85. The zero-order valence-electron chi connectivity index (χ0n) is 21.5. The average molecular weight is 413 g/mol. The van der Waals surface area contributed by atoms with E-state index in [4.69, 9.17) is 0 Å². The van der Waals surface area contributed by atoms with Crippen LogP contribution in [0, 0.1) is 58.2 Å². The van der Waals surface area contributed by atoms with Crippen molar-refractivity contribution >= 4 is 0 Å². The summed E-state index contributed by atoms with van der Waals surface area (Å²) in [6, 6.07) is 0. The third-order valence-electron chi connectivity index (χ3n) is 11.3. The molecule has 0 aliphatic heterocycles. The Balaban J connectivity index is 1.48. The van der Waals surface area contributed by atoms with Gasteiger partial charge in [-0.15, -0.1) is 0 Å². The zero-order valence-corrected chi connectivity index (χ0v) is 21.5. The lowest BCUT2D eigenvalue weighted by molar-refractivity contribution is -0.0538. The van der Waals surface area contributed by atoms with E-state index in [2.05, 4.69) is 54.5 Å². The highest BCUT2D eigenvalue weighted by atomic mass is 14.6. The third-order valence-corrected chi connectivity index (χ3v) is 11.3. The number of fused-ring (bicyclic) bond motifs is 5. The summed E-state index contributed by atoms with van der Waals surface area (Å²) in [6.07, 6.45) is 19.0. The molecule has 0 heterocycles. The van der Waals surface area contributed by atoms with Gasteiger partial charge in [0.2, 0.25) is 0 Å². The minimum Gasteiger partial charge on any atom is -0.0845 e. The predicted molar refractivity (Wildman–Crippen MR) is 131 cm³/mol. The highest BCUT2D eigenvalue weighted by Crippen LogP contribution is 2.67. The SMILES string of the molecule is CC(C)CCCC(C)C1CCC2C3CC=C4C[C@@H](C(C)C)CC[C@]4(C)C3CC[C@]12C. The topological polar surface area (TPSA) is 0 Å². The molecule has 0 heteroatoms. The van der Waals surface area contributed by atoms with Gasteiger partial charge in [-0.1, -0.05) is 79.4 Å². The molecule has 0 amide bonds. The largest absolute Gasteiger partial charge is 0.0845 e. The van der Waals surface area contributed by atoms with Crippen LogP contribution in [0.3, 0.4) is 0 Å². The Labute approximate surface area is 189 Å². The van der Waals surface area contributed by atoms with Crippen LogP contribution >= 0.6 is 0 Å². The molecule has 3 saturated carbocycles. The van der Waals surface area contributed by atoms with E-state index in [1.54, 1.807) is 0 Å². The molecule has 3 fully saturated rings. The van der Waals surface area contributed by atoms with Crippen LogP contribution in [0.4, 0.5) is 0 Å². The summed E-state index contributed by atoms with van der Waals surface area (Å²) in [5, 5.41) is 0. The van der Waals surface area contributed by atoms with Crippen molar-refractivity contribution in [3.05, 3.63) is 11.6 Å². The van der Waals surface area contributed by atoms with Gasteiger partial charge in [0, 0.05) is 0 Å². The second-order valence-electron chi connectivity index (χ2n) is 13.5. The lowest BCUT2D eigenvalue weighted by Gasteiger charge is -2.59. The fourth-order valence-corrected chi connectivity index (χ4v) is 9.28. The summed E-state index contributed by atoms with van der Waals surface area (Å²) in [7, 11) is 0. The molecule has 172 valence electrons. The lowest BCUT2D eigenvalue weighted by Crippen LogP contribution is -2.50. The van der Waals surface area contributed by atoms with Crippen LogP contribution in [0.15, 0.2) is 11.6 Å². The zero-order chi connectivity index (χ0) is 21.7. The van der Waals surface area contributed by atoms with Crippen LogP contribution in [0.2, 0.25) is 0 Å². The van der Waals surface area contributed by atoms with Crippen molar-refractivity contribution in [1.29, 1.82) is 0 Å². The van der Waals surface area contributed by atoms with Gasteiger partial charge in [-0.05, 0) is 110 Å². The van der Waals surface area contributed by atoms with Crippen molar-refractivity contribution in [1.82, 2.24) is 0 Å². The first-order chi connectivity index (χ1) is 14.2. The predicted octanol–water partition coefficient (Wildman–Crippen LogP) is 9.30. The summed E-state index contributed by atoms with van der Waals surface area (Å²) in [4.78, 5) is 0. The van der Waals surface area contributed by atoms with Gasteiger partial charge in [0.05, 0.1) is 0 Å². The van der Waals surface area contributed by atoms with E-state index < -0.39 is 0 Å². The molecule has 0 radical (unpaired) electrons. The van der Waals surface area contributed by atoms with E-state index in [9.17, 15) is 0 Å². The van der Waals surface area contributed by atoms with E-state index in [0.717, 1.165) is 47.3 Å². The van der Waals surface area contributed by atoms with Gasteiger partial charge in [-0.25, -0.2) is 0 Å². The molecule has 4 aliphatic carbocycles. The van der Waals surface area contributed by atoms with Crippen molar-refractivity contribution in [2.24, 2.45) is 58.2 Å². The van der Waals surface area contributed by atoms with Crippen molar-refractivity contribution in [3.8, 4) is 0 Å². The van der Waals surface area contributed by atoms with Crippen LogP contribution in [-0.4, -0.2) is 0 Å². The van der Waals surface area contributed by atoms with Crippen molar-refractivity contribution < 1.29 is 0 Å². The summed E-state index contributed by atoms with van der Waals surface area (Å²) in [5.41, 5.74) is 3.06. The van der Waals surface area contributed by atoms with Gasteiger partial charge in [0.1, 0.15) is 0 Å². The first kappa shape index (κ1) is 22.9. The fourth-order valence-electron chi connectivity index (χ4n) is 9.28. The second-order valence-corrected chi connectivity index (χ2v) is 13.5. The molecular weight excluding hydrogens is 360 g/mol. The number of allylic oxidation sites excluding steroid dienone is 2. The first-order valence-corrected chi connectivity index (χ1v) is 13.9. The summed E-state index contributed by atoms with van der Waals surface area (Å²) < 4.78 is 0. The molecule has 0 aromatic carbocycles. The molecule has 4 aliphatic rings. The number of rotatable bonds is 6. The smallest absolute Gasteiger partial charge is 0.00851 e. The number of hydrogen-bond acceptors (Lipinski definition) is 0. The molecule has 0 bridgehead atoms. The van der Waals surface area contributed by atoms with Crippen molar-refractivity contribution in [2.75, 3.05) is 0 Å². The molecule has 30 heavy (non-hydrogen) atoms. The standard InChI is InChI=1S/C30H52/c1-20(2)9-8-10-22(5)26-13-14-27-25-12-11-24-19-23(21(3)4)15-17-29(24,6)28(25)16-18-30(26,27)7/h11,20-23,25-28H,8-10,12-19H2,1-7H3/t22?,23-,25?,26?,27?,28?,29-,30+/m0/s1. The molecular formula is C30H52. The molecule has 5 unspecified atom stereocenters. The molecule has 0 aromatic heterocycles. The quantitative estimate of drug-likeness (QED) is 0.381. The van der Waals surface area contributed by atoms with E-state index >= 15 is 0 Å². The minimum absolute atomic E-state index is 0.538. The summed E-state index contributed by atoms with van der Waals surface area (Å²) in [5.74, 6) is 7.57. The Hall–Kier alpha value is -0.260. The highest BCUT2D eigenvalue weighted by molar-refractivity contribution is 5.25. The average Bonchev–Trinajstić information content (AvgIpc) is 3.04. The Bertz CT molecular complexity index is 626. The molecule has 0 nitrogen and oxygen atoms in total. The van der Waals surface area contributed by atoms with Gasteiger partial charge in [-0.2, -0.15) is 0 Å². The van der Waals surface area contributed by atoms with Crippen LogP contribution in [0.1, 0.15) is 119 Å². The van der Waals surface area contributed by atoms with Gasteiger partial charge in [0.25, 0.3) is 0 Å². The van der Waals surface area contributed by atoms with Gasteiger partial charge in [0.15, 0.2) is 0 Å². The molecule has 0 saturated heterocycles. The van der Waals surface area contributed by atoms with Crippen LogP contribution in [0.25, 0.3) is 0 Å². The van der Waals surface area contributed by atoms with Gasteiger partial charge < -0.3 is 0 Å². The number of hydrogen-bond donors (Lipinski definition) is 0. The molecule has 0 N–H and O–H groups in total.